The molecule has 0 aromatic rings. The van der Waals surface area contributed by atoms with Gasteiger partial charge in [0.2, 0.25) is 5.91 Å². The van der Waals surface area contributed by atoms with Crippen LogP contribution in [0.25, 0.3) is 0 Å². The van der Waals surface area contributed by atoms with E-state index < -0.39 is 0 Å². The predicted octanol–water partition coefficient (Wildman–Crippen LogP) is 4.31. The van der Waals surface area contributed by atoms with E-state index in [9.17, 15) is 4.79 Å². The van der Waals surface area contributed by atoms with E-state index in [0.717, 1.165) is 12.8 Å². The summed E-state index contributed by atoms with van der Waals surface area (Å²) in [7, 11) is 0. The zero-order valence-corrected chi connectivity index (χ0v) is 12.9. The molecule has 0 aromatic heterocycles. The third-order valence-electron chi connectivity index (χ3n) is 3.14. The van der Waals surface area contributed by atoms with Crippen LogP contribution in [0.4, 0.5) is 0 Å². The average Bonchev–Trinajstić information content (AvgIpc) is 2.24. The minimum absolute atomic E-state index is 0.173. The Kier molecular flexibility index (Phi) is 8.78. The van der Waals surface area contributed by atoms with Crippen molar-refractivity contribution in [1.82, 2.24) is 5.32 Å². The molecule has 0 fully saturated rings. The van der Waals surface area contributed by atoms with Gasteiger partial charge >= 0.3 is 0 Å². The average molecular weight is 253 g/mol. The lowest BCUT2D eigenvalue weighted by atomic mass is 9.94. The first-order valence-electron chi connectivity index (χ1n) is 7.32. The Bertz CT molecular complexity index is 256. The summed E-state index contributed by atoms with van der Waals surface area (Å²) >= 11 is 0. The minimum Gasteiger partial charge on any atom is -0.353 e. The van der Waals surface area contributed by atoms with Crippen molar-refractivity contribution in [3.05, 3.63) is 12.2 Å². The van der Waals surface area contributed by atoms with Crippen LogP contribution in [0, 0.1) is 11.8 Å². The molecular formula is C16H31NO. The maximum atomic E-state index is 11.8. The molecule has 0 bridgehead atoms. The van der Waals surface area contributed by atoms with Crippen molar-refractivity contribution in [3.8, 4) is 0 Å². The SMILES string of the molecule is C=C(CCCC)CC(NC(=O)CC(C)C)C(C)C. The van der Waals surface area contributed by atoms with Crippen molar-refractivity contribution in [1.29, 1.82) is 0 Å². The zero-order chi connectivity index (χ0) is 14.1. The Balaban J connectivity index is 4.22. The number of amides is 1. The molecule has 0 spiro atoms. The molecule has 0 aromatic carbocycles. The summed E-state index contributed by atoms with van der Waals surface area (Å²) in [4.78, 5) is 11.8. The molecule has 0 aliphatic carbocycles. The highest BCUT2D eigenvalue weighted by atomic mass is 16.1. The molecule has 0 radical (unpaired) electrons. The van der Waals surface area contributed by atoms with Crippen molar-refractivity contribution in [3.63, 3.8) is 0 Å². The van der Waals surface area contributed by atoms with Crippen LogP contribution in [0.1, 0.15) is 66.7 Å². The lowest BCUT2D eigenvalue weighted by Gasteiger charge is -2.24. The first-order chi connectivity index (χ1) is 8.36. The first-order valence-corrected chi connectivity index (χ1v) is 7.32. The molecule has 2 heteroatoms. The van der Waals surface area contributed by atoms with Gasteiger partial charge in [-0.05, 0) is 31.1 Å². The topological polar surface area (TPSA) is 29.1 Å². The highest BCUT2D eigenvalue weighted by molar-refractivity contribution is 5.76. The van der Waals surface area contributed by atoms with Crippen molar-refractivity contribution >= 4 is 5.91 Å². The molecule has 0 saturated carbocycles. The summed E-state index contributed by atoms with van der Waals surface area (Å²) in [6, 6.07) is 0.237. The fraction of sp³-hybridized carbons (Fsp3) is 0.812. The molecule has 18 heavy (non-hydrogen) atoms. The van der Waals surface area contributed by atoms with Gasteiger partial charge in [0.15, 0.2) is 0 Å². The number of hydrogen-bond donors (Lipinski definition) is 1. The Labute approximate surface area is 113 Å². The van der Waals surface area contributed by atoms with Crippen LogP contribution in [0.15, 0.2) is 12.2 Å². The lowest BCUT2D eigenvalue weighted by Crippen LogP contribution is -2.39. The van der Waals surface area contributed by atoms with E-state index in [2.05, 4.69) is 46.5 Å². The first kappa shape index (κ1) is 17.2. The number of nitrogens with one attached hydrogen (secondary N) is 1. The third kappa shape index (κ3) is 8.32. The molecule has 0 heterocycles. The summed E-state index contributed by atoms with van der Waals surface area (Å²) < 4.78 is 0. The fourth-order valence-electron chi connectivity index (χ4n) is 1.93. The lowest BCUT2D eigenvalue weighted by molar-refractivity contribution is -0.122. The van der Waals surface area contributed by atoms with Gasteiger partial charge in [0.25, 0.3) is 0 Å². The normalized spacial score (nSPS) is 12.8. The molecule has 1 N–H and O–H groups in total. The highest BCUT2D eigenvalue weighted by Gasteiger charge is 2.17. The summed E-state index contributed by atoms with van der Waals surface area (Å²) in [6.07, 6.45) is 5.01. The third-order valence-corrected chi connectivity index (χ3v) is 3.14. The smallest absolute Gasteiger partial charge is 0.220 e. The van der Waals surface area contributed by atoms with Gasteiger partial charge < -0.3 is 5.32 Å². The molecule has 0 rings (SSSR count). The monoisotopic (exact) mass is 253 g/mol. The van der Waals surface area contributed by atoms with Crippen LogP contribution < -0.4 is 5.32 Å². The second-order valence-corrected chi connectivity index (χ2v) is 6.07. The Morgan fingerprint density at radius 3 is 2.22 bits per heavy atom. The largest absolute Gasteiger partial charge is 0.353 e. The van der Waals surface area contributed by atoms with E-state index in [1.54, 1.807) is 0 Å². The van der Waals surface area contributed by atoms with Crippen molar-refractivity contribution in [2.45, 2.75) is 72.8 Å². The number of rotatable bonds is 9. The van der Waals surface area contributed by atoms with Gasteiger partial charge in [0.1, 0.15) is 0 Å². The molecule has 0 aliphatic rings. The van der Waals surface area contributed by atoms with Crippen LogP contribution in [0.2, 0.25) is 0 Å². The van der Waals surface area contributed by atoms with E-state index in [1.807, 2.05) is 0 Å². The summed E-state index contributed by atoms with van der Waals surface area (Å²) in [6.45, 7) is 14.8. The number of carbonyl (C=O) groups excluding carboxylic acids is 1. The van der Waals surface area contributed by atoms with E-state index >= 15 is 0 Å². The number of carbonyl (C=O) groups is 1. The molecule has 2 nitrogen and oxygen atoms in total. The highest BCUT2D eigenvalue weighted by Crippen LogP contribution is 2.17. The molecule has 0 saturated heterocycles. The van der Waals surface area contributed by atoms with Crippen molar-refractivity contribution in [2.75, 3.05) is 0 Å². The molecule has 1 unspecified atom stereocenters. The van der Waals surface area contributed by atoms with E-state index in [-0.39, 0.29) is 11.9 Å². The van der Waals surface area contributed by atoms with Gasteiger partial charge in [0.05, 0.1) is 0 Å². The van der Waals surface area contributed by atoms with Crippen LogP contribution in [0.5, 0.6) is 0 Å². The maximum Gasteiger partial charge on any atom is 0.220 e. The zero-order valence-electron chi connectivity index (χ0n) is 12.9. The summed E-state index contributed by atoms with van der Waals surface area (Å²) in [5, 5.41) is 3.16. The van der Waals surface area contributed by atoms with Gasteiger partial charge in [-0.15, -0.1) is 0 Å². The molecule has 106 valence electrons. The van der Waals surface area contributed by atoms with Crippen LogP contribution in [-0.4, -0.2) is 11.9 Å². The van der Waals surface area contributed by atoms with Crippen LogP contribution >= 0.6 is 0 Å². The Morgan fingerprint density at radius 1 is 1.17 bits per heavy atom. The predicted molar refractivity (Wildman–Crippen MR) is 79.5 cm³/mol. The van der Waals surface area contributed by atoms with Gasteiger partial charge in [-0.1, -0.05) is 53.2 Å². The molecule has 0 aliphatic heterocycles. The number of unbranched alkanes of at least 4 members (excludes halogenated alkanes) is 1. The minimum atomic E-state index is 0.173. The van der Waals surface area contributed by atoms with Gasteiger partial charge in [-0.25, -0.2) is 0 Å². The Hall–Kier alpha value is -0.790. The van der Waals surface area contributed by atoms with Gasteiger partial charge in [0, 0.05) is 12.5 Å². The van der Waals surface area contributed by atoms with Crippen LogP contribution in [0.3, 0.4) is 0 Å². The van der Waals surface area contributed by atoms with E-state index in [4.69, 9.17) is 0 Å². The van der Waals surface area contributed by atoms with Gasteiger partial charge in [-0.2, -0.15) is 0 Å². The standard InChI is InChI=1S/C16H31NO/c1-7-8-9-14(6)11-15(13(4)5)17-16(18)10-12(2)3/h12-13,15H,6-11H2,1-5H3,(H,17,18). The van der Waals surface area contributed by atoms with Gasteiger partial charge in [-0.3, -0.25) is 4.79 Å². The second kappa shape index (κ2) is 9.18. The molecule has 1 amide bonds. The summed E-state index contributed by atoms with van der Waals surface area (Å²) in [5.41, 5.74) is 1.26. The van der Waals surface area contributed by atoms with Crippen molar-refractivity contribution in [2.24, 2.45) is 11.8 Å². The molecular weight excluding hydrogens is 222 g/mol. The number of hydrogen-bond acceptors (Lipinski definition) is 1. The second-order valence-electron chi connectivity index (χ2n) is 6.07. The maximum absolute atomic E-state index is 11.8. The van der Waals surface area contributed by atoms with E-state index in [0.29, 0.717) is 18.3 Å². The molecule has 1 atom stereocenters. The van der Waals surface area contributed by atoms with E-state index in [1.165, 1.54) is 18.4 Å². The quantitative estimate of drug-likeness (QED) is 0.610. The fourth-order valence-corrected chi connectivity index (χ4v) is 1.93. The van der Waals surface area contributed by atoms with Crippen molar-refractivity contribution < 1.29 is 4.79 Å². The van der Waals surface area contributed by atoms with Crippen LogP contribution in [-0.2, 0) is 4.79 Å². The summed E-state index contributed by atoms with van der Waals surface area (Å²) in [5.74, 6) is 1.05. The Morgan fingerprint density at radius 2 is 1.78 bits per heavy atom.